The standard InChI is InChI=1S/C12H15N3O4S/c1-12(18)9(17)6(2-16)19-10(12)8-7-5(3-20-8)11(13)15-4-14-7/h3-4,6,9-10,16-18H,2H2,1H3,(H2,13,14,15). The Bertz CT molecular complexity index is 645. The van der Waals surface area contributed by atoms with Crippen LogP contribution in [0.4, 0.5) is 5.82 Å². The number of hydrogen-bond acceptors (Lipinski definition) is 8. The van der Waals surface area contributed by atoms with E-state index < -0.39 is 23.9 Å². The molecule has 1 aliphatic rings. The zero-order valence-corrected chi connectivity index (χ0v) is 11.5. The molecule has 5 N–H and O–H groups in total. The third-order valence-corrected chi connectivity index (χ3v) is 4.68. The van der Waals surface area contributed by atoms with Gasteiger partial charge in [0.05, 0.1) is 22.4 Å². The summed E-state index contributed by atoms with van der Waals surface area (Å²) in [6.07, 6.45) is -1.43. The van der Waals surface area contributed by atoms with Gasteiger partial charge in [0, 0.05) is 5.38 Å². The van der Waals surface area contributed by atoms with Crippen molar-refractivity contribution in [1.29, 1.82) is 0 Å². The number of thiophene rings is 1. The second-order valence-electron chi connectivity index (χ2n) is 5.03. The van der Waals surface area contributed by atoms with Gasteiger partial charge in [-0.2, -0.15) is 0 Å². The predicted molar refractivity (Wildman–Crippen MR) is 73.2 cm³/mol. The lowest BCUT2D eigenvalue weighted by Crippen LogP contribution is -2.42. The molecule has 2 aromatic heterocycles. The maximum atomic E-state index is 10.5. The highest BCUT2D eigenvalue weighted by molar-refractivity contribution is 7.11. The minimum absolute atomic E-state index is 0.356. The van der Waals surface area contributed by atoms with Crippen molar-refractivity contribution in [1.82, 2.24) is 9.97 Å². The van der Waals surface area contributed by atoms with Gasteiger partial charge in [-0.25, -0.2) is 9.97 Å². The van der Waals surface area contributed by atoms with Gasteiger partial charge in [0.15, 0.2) is 0 Å². The summed E-state index contributed by atoms with van der Waals surface area (Å²) < 4.78 is 5.59. The van der Waals surface area contributed by atoms with E-state index in [0.29, 0.717) is 21.6 Å². The first-order chi connectivity index (χ1) is 9.46. The van der Waals surface area contributed by atoms with Crippen molar-refractivity contribution in [3.05, 3.63) is 16.6 Å². The van der Waals surface area contributed by atoms with Crippen molar-refractivity contribution in [2.45, 2.75) is 30.8 Å². The number of hydrogen-bond donors (Lipinski definition) is 4. The van der Waals surface area contributed by atoms with E-state index in [-0.39, 0.29) is 6.61 Å². The predicted octanol–water partition coefficient (Wildman–Crippen LogP) is -0.182. The molecule has 1 aliphatic heterocycles. The third-order valence-electron chi connectivity index (χ3n) is 3.66. The van der Waals surface area contributed by atoms with Crippen LogP contribution in [0.2, 0.25) is 0 Å². The number of fused-ring (bicyclic) bond motifs is 1. The first-order valence-corrected chi connectivity index (χ1v) is 6.99. The average Bonchev–Trinajstić information content (AvgIpc) is 2.92. The van der Waals surface area contributed by atoms with Gasteiger partial charge < -0.3 is 25.8 Å². The van der Waals surface area contributed by atoms with Crippen LogP contribution in [0.1, 0.15) is 17.9 Å². The molecule has 0 aromatic carbocycles. The zero-order valence-electron chi connectivity index (χ0n) is 10.7. The SMILES string of the molecule is CC1(O)C(c2scc3c(N)ncnc23)OC(CO)C1O. The number of ether oxygens (including phenoxy) is 1. The van der Waals surface area contributed by atoms with Gasteiger partial charge in [-0.3, -0.25) is 0 Å². The Kier molecular flexibility index (Phi) is 3.14. The lowest BCUT2D eigenvalue weighted by Gasteiger charge is -2.25. The smallest absolute Gasteiger partial charge is 0.135 e. The van der Waals surface area contributed by atoms with Crippen LogP contribution in [-0.4, -0.2) is 49.7 Å². The van der Waals surface area contributed by atoms with Crippen molar-refractivity contribution < 1.29 is 20.1 Å². The summed E-state index contributed by atoms with van der Waals surface area (Å²) in [6.45, 7) is 1.11. The first kappa shape index (κ1) is 13.7. The van der Waals surface area contributed by atoms with Crippen LogP contribution in [0.15, 0.2) is 11.7 Å². The van der Waals surface area contributed by atoms with Crippen LogP contribution in [0.25, 0.3) is 10.9 Å². The van der Waals surface area contributed by atoms with Gasteiger partial charge in [0.1, 0.15) is 36.1 Å². The fourth-order valence-corrected chi connectivity index (χ4v) is 3.64. The van der Waals surface area contributed by atoms with E-state index >= 15 is 0 Å². The van der Waals surface area contributed by atoms with Crippen LogP contribution in [0.3, 0.4) is 0 Å². The van der Waals surface area contributed by atoms with E-state index in [2.05, 4.69) is 9.97 Å². The second kappa shape index (κ2) is 4.61. The molecule has 1 fully saturated rings. The van der Waals surface area contributed by atoms with Crippen LogP contribution < -0.4 is 5.73 Å². The molecule has 1 saturated heterocycles. The third kappa shape index (κ3) is 1.80. The Balaban J connectivity index is 2.10. The summed E-state index contributed by atoms with van der Waals surface area (Å²) in [4.78, 5) is 8.74. The molecule has 0 spiro atoms. The molecular formula is C12H15N3O4S. The topological polar surface area (TPSA) is 122 Å². The molecule has 108 valence electrons. The fourth-order valence-electron chi connectivity index (χ4n) is 2.47. The molecular weight excluding hydrogens is 282 g/mol. The minimum Gasteiger partial charge on any atom is -0.394 e. The number of nitrogens with two attached hydrogens (primary N) is 1. The fraction of sp³-hybridized carbons (Fsp3) is 0.500. The number of aliphatic hydroxyl groups is 3. The van der Waals surface area contributed by atoms with Gasteiger partial charge >= 0.3 is 0 Å². The molecule has 0 saturated carbocycles. The molecule has 2 aromatic rings. The highest BCUT2D eigenvalue weighted by Gasteiger charge is 2.53. The molecule has 7 nitrogen and oxygen atoms in total. The highest BCUT2D eigenvalue weighted by Crippen LogP contribution is 2.45. The van der Waals surface area contributed by atoms with Crippen molar-refractivity contribution in [2.75, 3.05) is 12.3 Å². The molecule has 4 atom stereocenters. The quantitative estimate of drug-likeness (QED) is 0.606. The van der Waals surface area contributed by atoms with Crippen LogP contribution in [-0.2, 0) is 4.74 Å². The number of rotatable bonds is 2. The Morgan fingerprint density at radius 1 is 1.50 bits per heavy atom. The minimum atomic E-state index is -1.51. The summed E-state index contributed by atoms with van der Waals surface area (Å²) in [7, 11) is 0. The van der Waals surface area contributed by atoms with E-state index in [1.165, 1.54) is 24.6 Å². The van der Waals surface area contributed by atoms with Crippen molar-refractivity contribution >= 4 is 28.1 Å². The van der Waals surface area contributed by atoms with E-state index in [4.69, 9.17) is 10.5 Å². The lowest BCUT2D eigenvalue weighted by atomic mass is 9.92. The van der Waals surface area contributed by atoms with Gasteiger partial charge in [-0.05, 0) is 6.92 Å². The van der Waals surface area contributed by atoms with Gasteiger partial charge in [-0.15, -0.1) is 11.3 Å². The van der Waals surface area contributed by atoms with E-state index in [0.717, 1.165) is 0 Å². The van der Waals surface area contributed by atoms with Crippen molar-refractivity contribution in [2.24, 2.45) is 0 Å². The summed E-state index contributed by atoms with van der Waals surface area (Å²) in [5, 5.41) is 32.2. The molecule has 8 heteroatoms. The van der Waals surface area contributed by atoms with Crippen LogP contribution >= 0.6 is 11.3 Å². The first-order valence-electron chi connectivity index (χ1n) is 6.11. The largest absolute Gasteiger partial charge is 0.394 e. The van der Waals surface area contributed by atoms with Gasteiger partial charge in [-0.1, -0.05) is 0 Å². The number of aromatic nitrogens is 2. The number of anilines is 1. The molecule has 0 amide bonds. The number of aliphatic hydroxyl groups excluding tert-OH is 2. The number of nitrogens with zero attached hydrogens (tertiary/aromatic N) is 2. The molecule has 0 bridgehead atoms. The van der Waals surface area contributed by atoms with Crippen LogP contribution in [0, 0.1) is 0 Å². The Morgan fingerprint density at radius 2 is 2.25 bits per heavy atom. The van der Waals surface area contributed by atoms with Crippen LogP contribution in [0.5, 0.6) is 0 Å². The maximum absolute atomic E-state index is 10.5. The Morgan fingerprint density at radius 3 is 2.90 bits per heavy atom. The van der Waals surface area contributed by atoms with Gasteiger partial charge in [0.25, 0.3) is 0 Å². The van der Waals surface area contributed by atoms with E-state index in [1.807, 2.05) is 0 Å². The lowest BCUT2D eigenvalue weighted by molar-refractivity contribution is -0.0630. The molecule has 4 unspecified atom stereocenters. The Hall–Kier alpha value is -1.32. The van der Waals surface area contributed by atoms with E-state index in [1.54, 1.807) is 5.38 Å². The molecule has 0 aliphatic carbocycles. The van der Waals surface area contributed by atoms with Gasteiger partial charge in [0.2, 0.25) is 0 Å². The van der Waals surface area contributed by atoms with Crippen molar-refractivity contribution in [3.63, 3.8) is 0 Å². The number of nitrogen functional groups attached to an aromatic ring is 1. The second-order valence-corrected chi connectivity index (χ2v) is 5.94. The maximum Gasteiger partial charge on any atom is 0.135 e. The summed E-state index contributed by atoms with van der Waals surface area (Å²) in [5.74, 6) is 0.356. The normalized spacial score (nSPS) is 33.9. The highest BCUT2D eigenvalue weighted by atomic mass is 32.1. The summed E-state index contributed by atoms with van der Waals surface area (Å²) in [6, 6.07) is 0. The zero-order chi connectivity index (χ0) is 14.5. The summed E-state index contributed by atoms with van der Waals surface area (Å²) in [5.41, 5.74) is 4.87. The monoisotopic (exact) mass is 297 g/mol. The average molecular weight is 297 g/mol. The molecule has 20 heavy (non-hydrogen) atoms. The van der Waals surface area contributed by atoms with E-state index in [9.17, 15) is 15.3 Å². The summed E-state index contributed by atoms with van der Waals surface area (Å²) >= 11 is 1.33. The molecule has 0 radical (unpaired) electrons. The molecule has 3 heterocycles. The Labute approximate surface area is 118 Å². The molecule has 3 rings (SSSR count). The van der Waals surface area contributed by atoms with Crippen molar-refractivity contribution in [3.8, 4) is 0 Å².